The van der Waals surface area contributed by atoms with Gasteiger partial charge in [0.25, 0.3) is 0 Å². The van der Waals surface area contributed by atoms with Crippen molar-refractivity contribution in [2.75, 3.05) is 6.61 Å². The Labute approximate surface area is 118 Å². The Balaban J connectivity index is 1.46. The molecule has 3 fully saturated rings. The highest BCUT2D eigenvalue weighted by atomic mass is 16.7. The van der Waals surface area contributed by atoms with Gasteiger partial charge in [-0.05, 0) is 37.5 Å². The van der Waals surface area contributed by atoms with E-state index in [1.807, 2.05) is 0 Å². The number of aliphatic carboxylic acids is 1. The van der Waals surface area contributed by atoms with Crippen LogP contribution < -0.4 is 0 Å². The zero-order valence-corrected chi connectivity index (χ0v) is 11.5. The molecule has 0 aliphatic carbocycles. The van der Waals surface area contributed by atoms with Crippen LogP contribution >= 0.6 is 0 Å². The van der Waals surface area contributed by atoms with E-state index in [0.29, 0.717) is 24.4 Å². The van der Waals surface area contributed by atoms with E-state index in [4.69, 9.17) is 14.6 Å². The van der Waals surface area contributed by atoms with Crippen molar-refractivity contribution in [3.8, 4) is 0 Å². The van der Waals surface area contributed by atoms with Crippen LogP contribution in [0.25, 0.3) is 0 Å². The highest BCUT2D eigenvalue weighted by Gasteiger charge is 2.68. The fourth-order valence-corrected chi connectivity index (χ4v) is 3.76. The molecule has 5 heteroatoms. The Morgan fingerprint density at radius 1 is 1.05 bits per heavy atom. The number of hydrogen-bond donors (Lipinski definition) is 2. The number of rotatable bonds is 8. The van der Waals surface area contributed by atoms with Gasteiger partial charge in [-0.25, -0.2) is 0 Å². The van der Waals surface area contributed by atoms with E-state index in [9.17, 15) is 9.90 Å². The Bertz CT molecular complexity index is 394. The maximum atomic E-state index is 10.4. The predicted octanol–water partition coefficient (Wildman–Crippen LogP) is 1.35. The fraction of sp³-hybridized carbons (Fsp3) is 0.800. The zero-order chi connectivity index (χ0) is 14.1. The minimum absolute atomic E-state index is 0.183. The SMILES string of the molecule is O=C(O)CCC/C=C\C[C@H]1[C@@H](CCO)[C@@H]2O[C@H]1[C@@H]1O[C@@H]12. The Morgan fingerprint density at radius 3 is 2.45 bits per heavy atom. The molecule has 3 aliphatic heterocycles. The molecule has 0 saturated carbocycles. The predicted molar refractivity (Wildman–Crippen MR) is 71.2 cm³/mol. The van der Waals surface area contributed by atoms with Crippen LogP contribution in [0.1, 0.15) is 32.1 Å². The fourth-order valence-electron chi connectivity index (χ4n) is 3.76. The molecule has 3 rings (SSSR count). The lowest BCUT2D eigenvalue weighted by Crippen LogP contribution is -2.33. The van der Waals surface area contributed by atoms with Crippen molar-refractivity contribution in [3.05, 3.63) is 12.2 Å². The van der Waals surface area contributed by atoms with E-state index in [1.54, 1.807) is 0 Å². The van der Waals surface area contributed by atoms with Crippen LogP contribution in [0, 0.1) is 11.8 Å². The molecule has 6 atom stereocenters. The monoisotopic (exact) mass is 282 g/mol. The van der Waals surface area contributed by atoms with Crippen LogP contribution in [-0.2, 0) is 14.3 Å². The van der Waals surface area contributed by atoms with Gasteiger partial charge in [-0.3, -0.25) is 4.79 Å². The molecule has 0 aromatic carbocycles. The second-order valence-electron chi connectivity index (χ2n) is 5.96. The molecule has 3 aliphatic rings. The summed E-state index contributed by atoms with van der Waals surface area (Å²) in [6, 6.07) is 0. The number of aliphatic hydroxyl groups is 1. The van der Waals surface area contributed by atoms with Gasteiger partial charge < -0.3 is 19.7 Å². The number of carbonyl (C=O) groups is 1. The summed E-state index contributed by atoms with van der Waals surface area (Å²) in [5.74, 6) is 0.101. The highest BCUT2D eigenvalue weighted by Crippen LogP contribution is 2.55. The number of aliphatic hydroxyl groups excluding tert-OH is 1. The molecule has 0 amide bonds. The number of ether oxygens (including phenoxy) is 2. The van der Waals surface area contributed by atoms with E-state index >= 15 is 0 Å². The quantitative estimate of drug-likeness (QED) is 0.399. The summed E-state index contributed by atoms with van der Waals surface area (Å²) in [4.78, 5) is 10.4. The normalized spacial score (nSPS) is 41.2. The molecular formula is C15H22O5. The number of fused-ring (bicyclic) bond motifs is 5. The molecule has 3 saturated heterocycles. The second kappa shape index (κ2) is 5.84. The number of carboxylic acid groups (broad SMARTS) is 1. The van der Waals surface area contributed by atoms with E-state index in [2.05, 4.69) is 12.2 Å². The molecule has 0 aromatic heterocycles. The Hall–Kier alpha value is -0.910. The van der Waals surface area contributed by atoms with Gasteiger partial charge in [0.2, 0.25) is 0 Å². The molecule has 2 N–H and O–H groups in total. The number of epoxide rings is 1. The van der Waals surface area contributed by atoms with Gasteiger partial charge in [0.05, 0.1) is 12.2 Å². The minimum Gasteiger partial charge on any atom is -0.481 e. The van der Waals surface area contributed by atoms with Crippen LogP contribution in [0.5, 0.6) is 0 Å². The topological polar surface area (TPSA) is 79.3 Å². The molecule has 0 aromatic rings. The largest absolute Gasteiger partial charge is 0.481 e. The molecule has 0 spiro atoms. The van der Waals surface area contributed by atoms with Crippen molar-refractivity contribution in [3.63, 3.8) is 0 Å². The van der Waals surface area contributed by atoms with Gasteiger partial charge in [-0.1, -0.05) is 12.2 Å². The minimum atomic E-state index is -0.736. The number of unbranched alkanes of at least 4 members (excludes halogenated alkanes) is 1. The lowest BCUT2D eigenvalue weighted by Gasteiger charge is -2.24. The summed E-state index contributed by atoms with van der Waals surface area (Å²) in [7, 11) is 0. The summed E-state index contributed by atoms with van der Waals surface area (Å²) in [5, 5.41) is 17.8. The molecule has 5 nitrogen and oxygen atoms in total. The van der Waals surface area contributed by atoms with E-state index in [0.717, 1.165) is 19.3 Å². The molecule has 112 valence electrons. The first-order valence-electron chi connectivity index (χ1n) is 7.51. The first-order chi connectivity index (χ1) is 9.72. The lowest BCUT2D eigenvalue weighted by molar-refractivity contribution is -0.137. The highest BCUT2D eigenvalue weighted by molar-refractivity contribution is 5.66. The third-order valence-electron chi connectivity index (χ3n) is 4.72. The molecule has 3 heterocycles. The average Bonchev–Trinajstić information content (AvgIpc) is 3.04. The smallest absolute Gasteiger partial charge is 0.303 e. The lowest BCUT2D eigenvalue weighted by atomic mass is 9.76. The maximum Gasteiger partial charge on any atom is 0.303 e. The van der Waals surface area contributed by atoms with Gasteiger partial charge in [0.1, 0.15) is 12.2 Å². The Morgan fingerprint density at radius 2 is 1.75 bits per heavy atom. The van der Waals surface area contributed by atoms with Crippen molar-refractivity contribution in [2.24, 2.45) is 11.8 Å². The van der Waals surface area contributed by atoms with Gasteiger partial charge in [0, 0.05) is 13.0 Å². The number of carboxylic acids is 1. The summed E-state index contributed by atoms with van der Waals surface area (Å²) in [6.45, 7) is 0.202. The summed E-state index contributed by atoms with van der Waals surface area (Å²) >= 11 is 0. The molecule has 2 bridgehead atoms. The van der Waals surface area contributed by atoms with Gasteiger partial charge in [-0.2, -0.15) is 0 Å². The third kappa shape index (κ3) is 2.62. The second-order valence-corrected chi connectivity index (χ2v) is 5.96. The number of allylic oxidation sites excluding steroid dienone is 2. The third-order valence-corrected chi connectivity index (χ3v) is 4.72. The molecular weight excluding hydrogens is 260 g/mol. The summed E-state index contributed by atoms with van der Waals surface area (Å²) in [6.07, 6.45) is 8.60. The van der Waals surface area contributed by atoms with Crippen molar-refractivity contribution >= 4 is 5.97 Å². The van der Waals surface area contributed by atoms with Crippen LogP contribution in [-0.4, -0.2) is 47.2 Å². The van der Waals surface area contributed by atoms with Crippen LogP contribution in [0.15, 0.2) is 12.2 Å². The van der Waals surface area contributed by atoms with E-state index in [-0.39, 0.29) is 31.3 Å². The summed E-state index contributed by atoms with van der Waals surface area (Å²) in [5.41, 5.74) is 0. The van der Waals surface area contributed by atoms with Crippen molar-refractivity contribution in [2.45, 2.75) is 56.5 Å². The van der Waals surface area contributed by atoms with E-state index in [1.165, 1.54) is 0 Å². The van der Waals surface area contributed by atoms with Crippen LogP contribution in [0.3, 0.4) is 0 Å². The molecule has 0 unspecified atom stereocenters. The first kappa shape index (κ1) is 14.0. The Kier molecular flexibility index (Phi) is 4.10. The molecule has 0 radical (unpaired) electrons. The standard InChI is InChI=1S/C15H22O5/c16-8-7-10-9(5-3-1-2-4-6-11(17)18)12-14-15(20-14)13(10)19-12/h1,3,9-10,12-16H,2,4-8H2,(H,17,18)/b3-1-/t9-,10+,12+,13-,14-,15+/m0/s1. The van der Waals surface area contributed by atoms with Gasteiger partial charge in [-0.15, -0.1) is 0 Å². The van der Waals surface area contributed by atoms with Crippen molar-refractivity contribution in [1.82, 2.24) is 0 Å². The van der Waals surface area contributed by atoms with Gasteiger partial charge >= 0.3 is 5.97 Å². The van der Waals surface area contributed by atoms with Crippen molar-refractivity contribution < 1.29 is 24.5 Å². The first-order valence-corrected chi connectivity index (χ1v) is 7.51. The average molecular weight is 282 g/mol. The van der Waals surface area contributed by atoms with Crippen molar-refractivity contribution in [1.29, 1.82) is 0 Å². The van der Waals surface area contributed by atoms with E-state index < -0.39 is 5.97 Å². The number of hydrogen-bond acceptors (Lipinski definition) is 4. The maximum absolute atomic E-state index is 10.4. The van der Waals surface area contributed by atoms with Gasteiger partial charge in [0.15, 0.2) is 0 Å². The zero-order valence-electron chi connectivity index (χ0n) is 11.5. The summed E-state index contributed by atoms with van der Waals surface area (Å²) < 4.78 is 11.6. The van der Waals surface area contributed by atoms with Crippen LogP contribution in [0.2, 0.25) is 0 Å². The van der Waals surface area contributed by atoms with Crippen LogP contribution in [0.4, 0.5) is 0 Å². The molecule has 20 heavy (non-hydrogen) atoms.